The zero-order valence-electron chi connectivity index (χ0n) is 19.1. The predicted molar refractivity (Wildman–Crippen MR) is 127 cm³/mol. The minimum atomic E-state index is -0.412. The zero-order chi connectivity index (χ0) is 23.7. The number of H-pyrrole nitrogens is 1. The van der Waals surface area contributed by atoms with Gasteiger partial charge in [-0.25, -0.2) is 0 Å². The van der Waals surface area contributed by atoms with Crippen LogP contribution in [0.1, 0.15) is 39.6 Å². The van der Waals surface area contributed by atoms with Crippen LogP contribution in [0.3, 0.4) is 0 Å². The molecule has 0 aliphatic carbocycles. The quantitative estimate of drug-likeness (QED) is 0.426. The van der Waals surface area contributed by atoms with Crippen LogP contribution in [-0.4, -0.2) is 70.2 Å². The van der Waals surface area contributed by atoms with E-state index in [-0.39, 0.29) is 17.6 Å². The molecule has 0 radical (unpaired) electrons. The van der Waals surface area contributed by atoms with Gasteiger partial charge in [0.2, 0.25) is 0 Å². The second-order valence-corrected chi connectivity index (χ2v) is 8.78. The highest BCUT2D eigenvalue weighted by Crippen LogP contribution is 2.43. The van der Waals surface area contributed by atoms with E-state index in [1.807, 2.05) is 36.1 Å². The third kappa shape index (κ3) is 4.20. The summed E-state index contributed by atoms with van der Waals surface area (Å²) in [4.78, 5) is 28.4. The number of nitrogens with one attached hydrogen (secondary N) is 1. The number of nitro groups is 1. The molecule has 1 aromatic heterocycles. The maximum absolute atomic E-state index is 13.4. The van der Waals surface area contributed by atoms with E-state index in [2.05, 4.69) is 15.1 Å². The number of nitro benzene ring substituents is 1. The summed E-state index contributed by atoms with van der Waals surface area (Å²) in [6, 6.07) is 14.2. The van der Waals surface area contributed by atoms with Gasteiger partial charge in [0, 0.05) is 49.4 Å². The maximum Gasteiger partial charge on any atom is 0.273 e. The molecule has 0 saturated carbocycles. The number of fused-ring (bicyclic) bond motifs is 1. The van der Waals surface area contributed by atoms with Crippen LogP contribution in [0.15, 0.2) is 48.5 Å². The van der Waals surface area contributed by atoms with Crippen molar-refractivity contribution in [1.82, 2.24) is 20.0 Å². The summed E-state index contributed by atoms with van der Waals surface area (Å²) in [5, 5.41) is 18.6. The van der Waals surface area contributed by atoms with Gasteiger partial charge >= 0.3 is 0 Å². The van der Waals surface area contributed by atoms with E-state index in [1.54, 1.807) is 12.1 Å². The van der Waals surface area contributed by atoms with Crippen molar-refractivity contribution in [2.45, 2.75) is 19.4 Å². The fraction of sp³-hybridized carbons (Fsp3) is 0.360. The van der Waals surface area contributed by atoms with Crippen molar-refractivity contribution in [3.63, 3.8) is 0 Å². The van der Waals surface area contributed by atoms with E-state index in [4.69, 9.17) is 4.74 Å². The van der Waals surface area contributed by atoms with Gasteiger partial charge in [-0.2, -0.15) is 5.10 Å². The highest BCUT2D eigenvalue weighted by Gasteiger charge is 2.42. The Bertz CT molecular complexity index is 1180. The topological polar surface area (TPSA) is 105 Å². The van der Waals surface area contributed by atoms with E-state index in [0.29, 0.717) is 12.2 Å². The number of ether oxygens (including phenoxy) is 1. The van der Waals surface area contributed by atoms with Gasteiger partial charge in [-0.1, -0.05) is 29.8 Å². The molecular weight excluding hydrogens is 434 g/mol. The van der Waals surface area contributed by atoms with Crippen LogP contribution >= 0.6 is 0 Å². The van der Waals surface area contributed by atoms with Crippen molar-refractivity contribution >= 4 is 11.6 Å². The lowest BCUT2D eigenvalue weighted by atomic mass is 9.95. The van der Waals surface area contributed by atoms with Crippen LogP contribution in [0.2, 0.25) is 0 Å². The second kappa shape index (κ2) is 9.36. The molecule has 1 fully saturated rings. The first-order chi connectivity index (χ1) is 16.5. The monoisotopic (exact) mass is 461 g/mol. The van der Waals surface area contributed by atoms with Gasteiger partial charge in [0.15, 0.2) is 0 Å². The predicted octanol–water partition coefficient (Wildman–Crippen LogP) is 3.56. The molecule has 0 bridgehead atoms. The number of aromatic nitrogens is 2. The fourth-order valence-electron chi connectivity index (χ4n) is 4.77. The average molecular weight is 462 g/mol. The summed E-state index contributed by atoms with van der Waals surface area (Å²) < 4.78 is 5.43. The van der Waals surface area contributed by atoms with Gasteiger partial charge < -0.3 is 9.64 Å². The highest BCUT2D eigenvalue weighted by molar-refractivity contribution is 6.00. The van der Waals surface area contributed by atoms with Crippen LogP contribution in [0, 0.1) is 17.0 Å². The number of carbonyl (C=O) groups excluding carboxylic acids is 1. The molecule has 2 aromatic carbocycles. The molecule has 0 spiro atoms. The summed E-state index contributed by atoms with van der Waals surface area (Å²) in [6.07, 6.45) is 0.826. The normalized spacial score (nSPS) is 18.3. The molecule has 1 unspecified atom stereocenters. The SMILES string of the molecule is Cc1ccc(-c2n[nH]c3c2C(c2ccc([N+](=O)[O-])cc2)N(CCCN2CCOCC2)C3=O)cc1. The lowest BCUT2D eigenvalue weighted by Crippen LogP contribution is -2.38. The molecule has 1 saturated heterocycles. The number of morpholine rings is 1. The molecular formula is C25H27N5O4. The summed E-state index contributed by atoms with van der Waals surface area (Å²) in [5.41, 5.74) is 4.99. The number of amides is 1. The van der Waals surface area contributed by atoms with Gasteiger partial charge in [0.1, 0.15) is 5.69 Å². The van der Waals surface area contributed by atoms with Crippen molar-refractivity contribution in [1.29, 1.82) is 0 Å². The van der Waals surface area contributed by atoms with Gasteiger partial charge in [-0.05, 0) is 31.0 Å². The van der Waals surface area contributed by atoms with E-state index < -0.39 is 4.92 Å². The number of non-ortho nitro benzene ring substituents is 1. The number of rotatable bonds is 7. The number of benzene rings is 2. The number of nitrogens with zero attached hydrogens (tertiary/aromatic N) is 4. The smallest absolute Gasteiger partial charge is 0.273 e. The first-order valence-electron chi connectivity index (χ1n) is 11.5. The Balaban J connectivity index is 1.48. The van der Waals surface area contributed by atoms with Gasteiger partial charge in [-0.15, -0.1) is 0 Å². The van der Waals surface area contributed by atoms with Crippen molar-refractivity contribution in [2.24, 2.45) is 0 Å². The summed E-state index contributed by atoms with van der Waals surface area (Å²) in [7, 11) is 0. The lowest BCUT2D eigenvalue weighted by Gasteiger charge is -2.29. The molecule has 1 N–H and O–H groups in total. The standard InChI is InChI=1S/C25H27N5O4/c1-17-3-5-18(6-4-17)22-21-23(27-26-22)25(31)29(12-2-11-28-13-15-34-16-14-28)24(21)19-7-9-20(10-8-19)30(32)33/h3-10,24H,2,11-16H2,1H3,(H,26,27). The number of aromatic amines is 1. The van der Waals surface area contributed by atoms with Crippen LogP contribution in [-0.2, 0) is 4.74 Å². The summed E-state index contributed by atoms with van der Waals surface area (Å²) >= 11 is 0. The highest BCUT2D eigenvalue weighted by atomic mass is 16.6. The van der Waals surface area contributed by atoms with Crippen molar-refractivity contribution < 1.29 is 14.5 Å². The molecule has 34 heavy (non-hydrogen) atoms. The Labute approximate surface area is 197 Å². The molecule has 3 heterocycles. The van der Waals surface area contributed by atoms with Crippen LogP contribution < -0.4 is 0 Å². The van der Waals surface area contributed by atoms with Crippen LogP contribution in [0.4, 0.5) is 5.69 Å². The molecule has 2 aliphatic rings. The molecule has 9 heteroatoms. The van der Waals surface area contributed by atoms with Crippen molar-refractivity contribution in [3.05, 3.63) is 81.0 Å². The van der Waals surface area contributed by atoms with Crippen molar-refractivity contribution in [2.75, 3.05) is 39.4 Å². The minimum Gasteiger partial charge on any atom is -0.379 e. The van der Waals surface area contributed by atoms with Gasteiger partial charge in [-0.3, -0.25) is 24.9 Å². The molecule has 2 aliphatic heterocycles. The average Bonchev–Trinajstić information content (AvgIpc) is 3.39. The Morgan fingerprint density at radius 2 is 1.79 bits per heavy atom. The molecule has 1 atom stereocenters. The number of aryl methyl sites for hydroxylation is 1. The number of carbonyl (C=O) groups is 1. The van der Waals surface area contributed by atoms with Crippen LogP contribution in [0.5, 0.6) is 0 Å². The molecule has 3 aromatic rings. The van der Waals surface area contributed by atoms with Gasteiger partial charge in [0.05, 0.1) is 29.9 Å². The lowest BCUT2D eigenvalue weighted by molar-refractivity contribution is -0.384. The summed E-state index contributed by atoms with van der Waals surface area (Å²) in [6.45, 7) is 6.78. The van der Waals surface area contributed by atoms with E-state index in [9.17, 15) is 14.9 Å². The van der Waals surface area contributed by atoms with E-state index in [1.165, 1.54) is 12.1 Å². The second-order valence-electron chi connectivity index (χ2n) is 8.78. The van der Waals surface area contributed by atoms with E-state index >= 15 is 0 Å². The van der Waals surface area contributed by atoms with E-state index in [0.717, 1.165) is 67.2 Å². The number of hydrogen-bond acceptors (Lipinski definition) is 6. The largest absolute Gasteiger partial charge is 0.379 e. The first-order valence-corrected chi connectivity index (χ1v) is 11.5. The molecule has 5 rings (SSSR count). The Morgan fingerprint density at radius 3 is 2.47 bits per heavy atom. The van der Waals surface area contributed by atoms with Crippen LogP contribution in [0.25, 0.3) is 11.3 Å². The fourth-order valence-corrected chi connectivity index (χ4v) is 4.77. The molecule has 1 amide bonds. The van der Waals surface area contributed by atoms with Crippen molar-refractivity contribution in [3.8, 4) is 11.3 Å². The Kier molecular flexibility index (Phi) is 6.12. The Morgan fingerprint density at radius 1 is 1.09 bits per heavy atom. The minimum absolute atomic E-state index is 0.0260. The Hall–Kier alpha value is -3.56. The molecule has 176 valence electrons. The zero-order valence-corrected chi connectivity index (χ0v) is 19.1. The number of hydrogen-bond donors (Lipinski definition) is 1. The molecule has 9 nitrogen and oxygen atoms in total. The third-order valence-corrected chi connectivity index (χ3v) is 6.59. The maximum atomic E-state index is 13.4. The first kappa shape index (κ1) is 22.2. The third-order valence-electron chi connectivity index (χ3n) is 6.59. The summed E-state index contributed by atoms with van der Waals surface area (Å²) in [5.74, 6) is -0.0915. The van der Waals surface area contributed by atoms with Gasteiger partial charge in [0.25, 0.3) is 11.6 Å².